The van der Waals surface area contributed by atoms with Crippen molar-refractivity contribution in [3.8, 4) is 0 Å². The molecule has 1 heterocycles. The number of benzene rings is 1. The standard InChI is InChI=1S/C13H18F2N2O2S/c1-9-5-6-11(14)13(12(9)15)17-20(18,19)8-10-4-2-3-7-16-10/h5-6,10,16-17H,2-4,7-8H2,1H3. The van der Waals surface area contributed by atoms with Crippen LogP contribution in [0.5, 0.6) is 0 Å². The van der Waals surface area contributed by atoms with Gasteiger partial charge in [0.05, 0.1) is 5.75 Å². The highest BCUT2D eigenvalue weighted by atomic mass is 32.2. The van der Waals surface area contributed by atoms with Crippen molar-refractivity contribution in [3.63, 3.8) is 0 Å². The number of piperidine rings is 1. The molecule has 1 unspecified atom stereocenters. The summed E-state index contributed by atoms with van der Waals surface area (Å²) in [6.07, 6.45) is 2.73. The summed E-state index contributed by atoms with van der Waals surface area (Å²) in [5, 5.41) is 3.09. The maximum absolute atomic E-state index is 13.8. The molecule has 0 aliphatic carbocycles. The zero-order chi connectivity index (χ0) is 14.8. The number of hydrogen-bond acceptors (Lipinski definition) is 3. The highest BCUT2D eigenvalue weighted by molar-refractivity contribution is 7.92. The molecule has 2 N–H and O–H groups in total. The van der Waals surface area contributed by atoms with Crippen LogP contribution in [0.3, 0.4) is 0 Å². The lowest BCUT2D eigenvalue weighted by Crippen LogP contribution is -2.40. The summed E-state index contributed by atoms with van der Waals surface area (Å²) in [6.45, 7) is 2.22. The number of hydrogen-bond donors (Lipinski definition) is 2. The highest BCUT2D eigenvalue weighted by Gasteiger charge is 2.23. The Kier molecular flexibility index (Phi) is 4.59. The van der Waals surface area contributed by atoms with Crippen LogP contribution in [0.15, 0.2) is 12.1 Å². The van der Waals surface area contributed by atoms with Crippen molar-refractivity contribution in [2.45, 2.75) is 32.2 Å². The lowest BCUT2D eigenvalue weighted by Gasteiger charge is -2.23. The van der Waals surface area contributed by atoms with Crippen LogP contribution < -0.4 is 10.0 Å². The molecule has 1 aliphatic heterocycles. The molecule has 0 bridgehead atoms. The molecule has 1 aromatic carbocycles. The maximum Gasteiger partial charge on any atom is 0.234 e. The minimum absolute atomic E-state index is 0.169. The molecule has 0 radical (unpaired) electrons. The molecule has 1 atom stereocenters. The first kappa shape index (κ1) is 15.2. The Morgan fingerprint density at radius 3 is 2.75 bits per heavy atom. The Morgan fingerprint density at radius 2 is 2.10 bits per heavy atom. The third kappa shape index (κ3) is 3.67. The van der Waals surface area contributed by atoms with Crippen LogP contribution >= 0.6 is 0 Å². The average molecular weight is 304 g/mol. The topological polar surface area (TPSA) is 58.2 Å². The second-order valence-corrected chi connectivity index (χ2v) is 6.85. The van der Waals surface area contributed by atoms with Gasteiger partial charge in [-0.1, -0.05) is 12.5 Å². The molecule has 1 aliphatic rings. The summed E-state index contributed by atoms with van der Waals surface area (Å²) in [5.41, 5.74) is -0.402. The minimum atomic E-state index is -3.79. The van der Waals surface area contributed by atoms with Gasteiger partial charge < -0.3 is 5.32 Å². The van der Waals surface area contributed by atoms with Crippen molar-refractivity contribution in [1.29, 1.82) is 0 Å². The summed E-state index contributed by atoms with van der Waals surface area (Å²) in [6, 6.07) is 2.15. The quantitative estimate of drug-likeness (QED) is 0.896. The van der Waals surface area contributed by atoms with Crippen LogP contribution in [0.25, 0.3) is 0 Å². The van der Waals surface area contributed by atoms with E-state index in [1.165, 1.54) is 13.0 Å². The first-order valence-electron chi connectivity index (χ1n) is 6.57. The van der Waals surface area contributed by atoms with Crippen LogP contribution in [0.4, 0.5) is 14.5 Å². The molecule has 0 saturated carbocycles. The van der Waals surface area contributed by atoms with E-state index in [1.807, 2.05) is 4.72 Å². The molecule has 0 amide bonds. The van der Waals surface area contributed by atoms with Gasteiger partial charge in [0.15, 0.2) is 5.82 Å². The Hall–Kier alpha value is -1.21. The molecule has 1 saturated heterocycles. The van der Waals surface area contributed by atoms with Crippen LogP contribution in [0.1, 0.15) is 24.8 Å². The third-order valence-corrected chi connectivity index (χ3v) is 4.73. The fourth-order valence-electron chi connectivity index (χ4n) is 2.28. The van der Waals surface area contributed by atoms with Gasteiger partial charge in [0.2, 0.25) is 10.0 Å². The van der Waals surface area contributed by atoms with Crippen molar-refractivity contribution in [2.75, 3.05) is 17.0 Å². The van der Waals surface area contributed by atoms with E-state index in [4.69, 9.17) is 0 Å². The molecular formula is C13H18F2N2O2S. The van der Waals surface area contributed by atoms with E-state index in [0.29, 0.717) is 0 Å². The predicted octanol–water partition coefficient (Wildman–Crippen LogP) is 2.16. The van der Waals surface area contributed by atoms with Crippen LogP contribution in [-0.2, 0) is 10.0 Å². The molecule has 2 rings (SSSR count). The van der Waals surface area contributed by atoms with Gasteiger partial charge in [-0.15, -0.1) is 0 Å². The van der Waals surface area contributed by atoms with E-state index in [0.717, 1.165) is 31.9 Å². The summed E-state index contributed by atoms with van der Waals surface area (Å²) in [4.78, 5) is 0. The number of sulfonamides is 1. The summed E-state index contributed by atoms with van der Waals surface area (Å²) in [7, 11) is -3.79. The molecular weight excluding hydrogens is 286 g/mol. The Morgan fingerprint density at radius 1 is 1.35 bits per heavy atom. The van der Waals surface area contributed by atoms with Crippen LogP contribution in [0, 0.1) is 18.6 Å². The van der Waals surface area contributed by atoms with E-state index in [-0.39, 0.29) is 17.4 Å². The zero-order valence-corrected chi connectivity index (χ0v) is 12.1. The Bertz CT molecular complexity index is 584. The van der Waals surface area contributed by atoms with Crippen molar-refractivity contribution >= 4 is 15.7 Å². The molecule has 1 aromatic rings. The maximum atomic E-state index is 13.8. The van der Waals surface area contributed by atoms with Crippen molar-refractivity contribution in [1.82, 2.24) is 5.32 Å². The second kappa shape index (κ2) is 6.05. The van der Waals surface area contributed by atoms with Crippen molar-refractivity contribution < 1.29 is 17.2 Å². The fourth-order valence-corrected chi connectivity index (χ4v) is 3.67. The molecule has 4 nitrogen and oxygen atoms in total. The van der Waals surface area contributed by atoms with Gasteiger partial charge in [0.25, 0.3) is 0 Å². The van der Waals surface area contributed by atoms with E-state index < -0.39 is 27.3 Å². The molecule has 0 spiro atoms. The summed E-state index contributed by atoms with van der Waals surface area (Å²) >= 11 is 0. The minimum Gasteiger partial charge on any atom is -0.313 e. The fraction of sp³-hybridized carbons (Fsp3) is 0.538. The molecule has 1 fully saturated rings. The lowest BCUT2D eigenvalue weighted by molar-refractivity contribution is 0.424. The van der Waals surface area contributed by atoms with E-state index >= 15 is 0 Å². The molecule has 7 heteroatoms. The highest BCUT2D eigenvalue weighted by Crippen LogP contribution is 2.23. The summed E-state index contributed by atoms with van der Waals surface area (Å²) in [5.74, 6) is -1.96. The molecule has 20 heavy (non-hydrogen) atoms. The van der Waals surface area contributed by atoms with Crippen molar-refractivity contribution in [3.05, 3.63) is 29.3 Å². The number of rotatable bonds is 4. The van der Waals surface area contributed by atoms with Gasteiger partial charge >= 0.3 is 0 Å². The number of halogens is 2. The summed E-state index contributed by atoms with van der Waals surface area (Å²) < 4.78 is 53.4. The third-order valence-electron chi connectivity index (χ3n) is 3.37. The van der Waals surface area contributed by atoms with Gasteiger partial charge in [-0.2, -0.15) is 0 Å². The van der Waals surface area contributed by atoms with Crippen molar-refractivity contribution in [2.24, 2.45) is 0 Å². The van der Waals surface area contributed by atoms with Gasteiger partial charge in [0, 0.05) is 6.04 Å². The Balaban J connectivity index is 2.14. The number of aryl methyl sites for hydroxylation is 1. The van der Waals surface area contributed by atoms with Gasteiger partial charge in [-0.3, -0.25) is 4.72 Å². The van der Waals surface area contributed by atoms with E-state index in [9.17, 15) is 17.2 Å². The normalized spacial score (nSPS) is 19.9. The number of nitrogens with one attached hydrogen (secondary N) is 2. The second-order valence-electron chi connectivity index (χ2n) is 5.08. The zero-order valence-electron chi connectivity index (χ0n) is 11.2. The van der Waals surface area contributed by atoms with Gasteiger partial charge in [-0.25, -0.2) is 17.2 Å². The Labute approximate surface area is 117 Å². The first-order chi connectivity index (χ1) is 9.39. The van der Waals surface area contributed by atoms with E-state index in [2.05, 4.69) is 5.32 Å². The van der Waals surface area contributed by atoms with Crippen LogP contribution in [0.2, 0.25) is 0 Å². The largest absolute Gasteiger partial charge is 0.313 e. The first-order valence-corrected chi connectivity index (χ1v) is 8.23. The van der Waals surface area contributed by atoms with Gasteiger partial charge in [-0.05, 0) is 37.9 Å². The lowest BCUT2D eigenvalue weighted by atomic mass is 10.1. The molecule has 112 valence electrons. The SMILES string of the molecule is Cc1ccc(F)c(NS(=O)(=O)CC2CCCCN2)c1F. The predicted molar refractivity (Wildman–Crippen MR) is 74.1 cm³/mol. The van der Waals surface area contributed by atoms with Crippen LogP contribution in [-0.4, -0.2) is 26.8 Å². The van der Waals surface area contributed by atoms with Gasteiger partial charge in [0.1, 0.15) is 11.5 Å². The smallest absolute Gasteiger partial charge is 0.234 e. The number of anilines is 1. The monoisotopic (exact) mass is 304 g/mol. The average Bonchev–Trinajstić information content (AvgIpc) is 2.40. The van der Waals surface area contributed by atoms with E-state index in [1.54, 1.807) is 0 Å². The molecule has 0 aromatic heterocycles.